The van der Waals surface area contributed by atoms with E-state index in [1.54, 1.807) is 0 Å². The largest absolute Gasteiger partial charge is 0.308 e. The lowest BCUT2D eigenvalue weighted by Gasteiger charge is -2.08. The van der Waals surface area contributed by atoms with Crippen LogP contribution in [0, 0.1) is 0 Å². The Bertz CT molecular complexity index is 957. The maximum Gasteiger partial charge on any atom is 0.0728 e. The Morgan fingerprint density at radius 3 is 2.33 bits per heavy atom. The van der Waals surface area contributed by atoms with Gasteiger partial charge in [0.05, 0.1) is 16.1 Å². The summed E-state index contributed by atoms with van der Waals surface area (Å²) in [6.45, 7) is 0. The summed E-state index contributed by atoms with van der Waals surface area (Å²) in [6.07, 6.45) is 0. The second kappa shape index (κ2) is 4.90. The topological polar surface area (TPSA) is 4.93 Å². The molecule has 0 radical (unpaired) electrons. The molecule has 1 heterocycles. The molecule has 0 N–H and O–H groups in total. The summed E-state index contributed by atoms with van der Waals surface area (Å²) in [4.78, 5) is 0. The van der Waals surface area contributed by atoms with Gasteiger partial charge in [-0.1, -0.05) is 63.9 Å². The smallest absolute Gasteiger partial charge is 0.0728 e. The van der Waals surface area contributed by atoms with Gasteiger partial charge in [0.25, 0.3) is 0 Å². The van der Waals surface area contributed by atoms with Crippen LogP contribution in [0.4, 0.5) is 0 Å². The molecule has 0 amide bonds. The van der Waals surface area contributed by atoms with Crippen LogP contribution in [0.3, 0.4) is 0 Å². The lowest BCUT2D eigenvalue weighted by Crippen LogP contribution is -1.93. The van der Waals surface area contributed by atoms with E-state index in [2.05, 4.69) is 63.0 Å². The maximum absolute atomic E-state index is 6.54. The Morgan fingerprint density at radius 2 is 1.52 bits per heavy atom. The average molecular weight is 357 g/mol. The van der Waals surface area contributed by atoms with Gasteiger partial charge in [0.15, 0.2) is 0 Å². The van der Waals surface area contributed by atoms with Gasteiger partial charge in [0.1, 0.15) is 0 Å². The van der Waals surface area contributed by atoms with E-state index in [0.717, 1.165) is 26.1 Å². The Hall–Kier alpha value is -1.77. The minimum atomic E-state index is 0.749. The van der Waals surface area contributed by atoms with Gasteiger partial charge in [-0.2, -0.15) is 0 Å². The molecular formula is C18H11BrClN. The first-order valence-electron chi connectivity index (χ1n) is 6.69. The molecule has 3 heteroatoms. The molecular weight excluding hydrogens is 346 g/mol. The van der Waals surface area contributed by atoms with E-state index in [9.17, 15) is 0 Å². The van der Waals surface area contributed by atoms with Crippen LogP contribution in [0.5, 0.6) is 0 Å². The Kier molecular flexibility index (Phi) is 3.02. The summed E-state index contributed by atoms with van der Waals surface area (Å²) in [7, 11) is 0. The van der Waals surface area contributed by atoms with Crippen molar-refractivity contribution in [1.29, 1.82) is 0 Å². The third-order valence-corrected chi connectivity index (χ3v) is 4.45. The van der Waals surface area contributed by atoms with Crippen molar-refractivity contribution >= 4 is 49.3 Å². The molecule has 21 heavy (non-hydrogen) atoms. The van der Waals surface area contributed by atoms with E-state index in [1.807, 2.05) is 24.3 Å². The van der Waals surface area contributed by atoms with Gasteiger partial charge in [0.2, 0.25) is 0 Å². The highest BCUT2D eigenvalue weighted by molar-refractivity contribution is 9.10. The number of aromatic nitrogens is 1. The molecule has 0 aliphatic heterocycles. The summed E-state index contributed by atoms with van der Waals surface area (Å²) < 4.78 is 3.22. The molecule has 0 spiro atoms. The van der Waals surface area contributed by atoms with Gasteiger partial charge in [-0.15, -0.1) is 0 Å². The van der Waals surface area contributed by atoms with Crippen LogP contribution in [0.15, 0.2) is 71.2 Å². The summed E-state index contributed by atoms with van der Waals surface area (Å²) in [5, 5.41) is 3.12. The van der Waals surface area contributed by atoms with Crippen LogP contribution in [0.25, 0.3) is 27.5 Å². The fourth-order valence-corrected chi connectivity index (χ4v) is 3.75. The normalized spacial score (nSPS) is 11.3. The Labute approximate surface area is 135 Å². The third-order valence-electron chi connectivity index (χ3n) is 3.70. The minimum absolute atomic E-state index is 0.749. The van der Waals surface area contributed by atoms with Crippen LogP contribution in [0.2, 0.25) is 5.02 Å². The van der Waals surface area contributed by atoms with E-state index >= 15 is 0 Å². The zero-order chi connectivity index (χ0) is 14.4. The average Bonchev–Trinajstić information content (AvgIpc) is 2.83. The van der Waals surface area contributed by atoms with Gasteiger partial charge in [-0.3, -0.25) is 0 Å². The van der Waals surface area contributed by atoms with Crippen molar-refractivity contribution in [2.24, 2.45) is 0 Å². The highest BCUT2D eigenvalue weighted by Gasteiger charge is 2.14. The predicted octanol–water partition coefficient (Wildman–Crippen LogP) is 6.20. The van der Waals surface area contributed by atoms with Crippen LogP contribution < -0.4 is 0 Å². The fraction of sp³-hybridized carbons (Fsp3) is 0. The van der Waals surface area contributed by atoms with Crippen molar-refractivity contribution in [3.8, 4) is 5.69 Å². The quantitative estimate of drug-likeness (QED) is 0.382. The first-order valence-corrected chi connectivity index (χ1v) is 7.86. The maximum atomic E-state index is 6.54. The molecule has 4 aromatic rings. The molecule has 0 aliphatic carbocycles. The molecule has 4 rings (SSSR count). The highest BCUT2D eigenvalue weighted by atomic mass is 79.9. The minimum Gasteiger partial charge on any atom is -0.308 e. The van der Waals surface area contributed by atoms with Crippen molar-refractivity contribution < 1.29 is 0 Å². The molecule has 102 valence electrons. The lowest BCUT2D eigenvalue weighted by molar-refractivity contribution is 1.18. The molecule has 3 aromatic carbocycles. The standard InChI is InChI=1S/C18H11BrClN/c19-12-10-15-14-8-4-5-9-17(14)21(18(15)16(20)11-12)13-6-2-1-3-7-13/h1-11H. The molecule has 1 nitrogen and oxygen atoms in total. The SMILES string of the molecule is Clc1cc(Br)cc2c3ccccc3n(-c3ccccc3)c12. The molecule has 0 bridgehead atoms. The Balaban J connectivity index is 2.27. The zero-order valence-electron chi connectivity index (χ0n) is 11.1. The zero-order valence-corrected chi connectivity index (χ0v) is 13.4. The number of hydrogen-bond donors (Lipinski definition) is 0. The summed E-state index contributed by atoms with van der Waals surface area (Å²) in [5.41, 5.74) is 3.33. The summed E-state index contributed by atoms with van der Waals surface area (Å²) in [6, 6.07) is 22.8. The predicted molar refractivity (Wildman–Crippen MR) is 93.5 cm³/mol. The van der Waals surface area contributed by atoms with Crippen molar-refractivity contribution in [3.63, 3.8) is 0 Å². The van der Waals surface area contributed by atoms with Crippen molar-refractivity contribution in [2.75, 3.05) is 0 Å². The van der Waals surface area contributed by atoms with Crippen LogP contribution in [-0.2, 0) is 0 Å². The molecule has 0 saturated heterocycles. The molecule has 0 aliphatic rings. The number of fused-ring (bicyclic) bond motifs is 3. The summed E-state index contributed by atoms with van der Waals surface area (Å²) in [5.74, 6) is 0. The summed E-state index contributed by atoms with van der Waals surface area (Å²) >= 11 is 10.1. The first-order chi connectivity index (χ1) is 10.3. The van der Waals surface area contributed by atoms with E-state index in [0.29, 0.717) is 0 Å². The van der Waals surface area contributed by atoms with E-state index < -0.39 is 0 Å². The number of rotatable bonds is 1. The van der Waals surface area contributed by atoms with E-state index in [1.165, 1.54) is 10.9 Å². The number of nitrogens with zero attached hydrogens (tertiary/aromatic N) is 1. The van der Waals surface area contributed by atoms with Gasteiger partial charge in [-0.25, -0.2) is 0 Å². The van der Waals surface area contributed by atoms with E-state index in [4.69, 9.17) is 11.6 Å². The molecule has 0 atom stereocenters. The first kappa shape index (κ1) is 12.9. The van der Waals surface area contributed by atoms with Gasteiger partial charge >= 0.3 is 0 Å². The molecule has 0 fully saturated rings. The number of halogens is 2. The van der Waals surface area contributed by atoms with Crippen molar-refractivity contribution in [1.82, 2.24) is 4.57 Å². The second-order valence-corrected chi connectivity index (χ2v) is 6.29. The molecule has 0 unspecified atom stereocenters. The highest BCUT2D eigenvalue weighted by Crippen LogP contribution is 2.37. The second-order valence-electron chi connectivity index (χ2n) is 4.97. The fourth-order valence-electron chi connectivity index (χ4n) is 2.86. The monoisotopic (exact) mass is 355 g/mol. The number of hydrogen-bond acceptors (Lipinski definition) is 0. The Morgan fingerprint density at radius 1 is 0.810 bits per heavy atom. The number of benzene rings is 3. The van der Waals surface area contributed by atoms with Gasteiger partial charge < -0.3 is 4.57 Å². The van der Waals surface area contributed by atoms with Crippen molar-refractivity contribution in [2.45, 2.75) is 0 Å². The molecule has 0 saturated carbocycles. The van der Waals surface area contributed by atoms with E-state index in [-0.39, 0.29) is 0 Å². The number of para-hydroxylation sites is 2. The van der Waals surface area contributed by atoms with Gasteiger partial charge in [0, 0.05) is 20.9 Å². The van der Waals surface area contributed by atoms with Crippen LogP contribution in [-0.4, -0.2) is 4.57 Å². The third kappa shape index (κ3) is 1.98. The molecule has 1 aromatic heterocycles. The van der Waals surface area contributed by atoms with Crippen molar-refractivity contribution in [3.05, 3.63) is 76.2 Å². The lowest BCUT2D eigenvalue weighted by atomic mass is 10.1. The van der Waals surface area contributed by atoms with Gasteiger partial charge in [-0.05, 0) is 30.3 Å². The van der Waals surface area contributed by atoms with Crippen LogP contribution in [0.1, 0.15) is 0 Å². The van der Waals surface area contributed by atoms with Crippen LogP contribution >= 0.6 is 27.5 Å².